The fourth-order valence-electron chi connectivity index (χ4n) is 11.0. The molecule has 3 unspecified atom stereocenters. The van der Waals surface area contributed by atoms with Gasteiger partial charge in [-0.3, -0.25) is 86.3 Å². The Labute approximate surface area is 666 Å². The summed E-state index contributed by atoms with van der Waals surface area (Å²) in [6.07, 6.45) is 1.90. The van der Waals surface area contributed by atoms with Crippen molar-refractivity contribution in [3.8, 4) is 0 Å². The number of Topliss-reactive ketones (excluding diaryl/α,β-unsaturated/α-hetero) is 7. The lowest BCUT2D eigenvalue weighted by Crippen LogP contribution is -2.46. The predicted octanol–water partition coefficient (Wildman–Crippen LogP) is 11.7. The highest BCUT2D eigenvalue weighted by Crippen LogP contribution is 2.37. The Morgan fingerprint density at radius 1 is 0.232 bits per heavy atom. The van der Waals surface area contributed by atoms with Crippen LogP contribution in [0.1, 0.15) is 260 Å². The number of ketones is 7. The fraction of sp³-hybridized carbons (Fsp3) is 0.780. The number of rotatable bonds is 41. The Morgan fingerprint density at radius 3 is 0.616 bits per heavy atom. The summed E-state index contributed by atoms with van der Waals surface area (Å²) >= 11 is 0. The van der Waals surface area contributed by atoms with E-state index in [1.165, 1.54) is 90.4 Å². The molecule has 648 valence electrons. The Morgan fingerprint density at radius 2 is 0.420 bits per heavy atom. The molecule has 0 aliphatic rings. The third-order valence-corrected chi connectivity index (χ3v) is 16.8. The number of hydrogen-bond acceptors (Lipinski definition) is 30. The lowest BCUT2D eigenvalue weighted by atomic mass is 9.74. The maximum atomic E-state index is 12.3. The van der Waals surface area contributed by atoms with Crippen molar-refractivity contribution in [1.29, 1.82) is 0 Å². The quantitative estimate of drug-likeness (QED) is 0.0180. The van der Waals surface area contributed by atoms with E-state index in [4.69, 9.17) is 42.6 Å². The molecule has 0 saturated heterocycles. The third-order valence-electron chi connectivity index (χ3n) is 16.8. The molecule has 30 nitrogen and oxygen atoms in total. The molecule has 0 heterocycles. The van der Waals surface area contributed by atoms with Crippen molar-refractivity contribution in [3.63, 3.8) is 0 Å². The van der Waals surface area contributed by atoms with Gasteiger partial charge in [0.2, 0.25) is 0 Å². The number of ether oxygens (including phenoxy) is 12. The third kappa shape index (κ3) is 42.1. The molecule has 0 radical (unpaired) electrons. The fourth-order valence-corrected chi connectivity index (χ4v) is 11.0. The summed E-state index contributed by atoms with van der Waals surface area (Å²) < 4.78 is 59.1. The van der Waals surface area contributed by atoms with Crippen LogP contribution in [-0.2, 0) is 143 Å². The van der Waals surface area contributed by atoms with E-state index in [-0.39, 0.29) is 149 Å². The monoisotopic (exact) mass is 1600 g/mol. The summed E-state index contributed by atoms with van der Waals surface area (Å²) in [5.74, 6) is -7.51. The normalized spacial score (nSPS) is 12.9. The molecule has 0 bridgehead atoms. The van der Waals surface area contributed by atoms with Gasteiger partial charge in [0, 0.05) is 27.7 Å². The topological polar surface area (TPSA) is 418 Å². The van der Waals surface area contributed by atoms with Crippen molar-refractivity contribution in [2.75, 3.05) is 80.5 Å². The van der Waals surface area contributed by atoms with E-state index in [2.05, 4.69) is 14.2 Å². The lowest BCUT2D eigenvalue weighted by Gasteiger charge is -2.31. The summed E-state index contributed by atoms with van der Waals surface area (Å²) in [5, 5.41) is 0. The van der Waals surface area contributed by atoms with Gasteiger partial charge in [0.1, 0.15) is 78.2 Å². The zero-order valence-corrected chi connectivity index (χ0v) is 74.0. The molecule has 112 heavy (non-hydrogen) atoms. The molecular weight excluding hydrogens is 1460 g/mol. The second-order valence-electron chi connectivity index (χ2n) is 32.2. The maximum absolute atomic E-state index is 12.3. The van der Waals surface area contributed by atoms with Gasteiger partial charge in [-0.05, 0) is 185 Å². The molecule has 3 atom stereocenters. The molecule has 30 heteroatoms. The van der Waals surface area contributed by atoms with Crippen LogP contribution in [-0.4, -0.2) is 187 Å². The standard InChI is InChI=1S/C16H28O5.C15H26O4.C14H24O6.C13H22O5.C12H20O6.C12H20O4/c1-8-20-14(19)16(12(4)17,9-11(2)3)10-21-13(18)15(5,6)7;1-10(2)8-15(11(3)16,12(4)17)9-19-13(18)14(5,6)7;1-6-19-13(17)14(11(4)15,7-10(2)3)8-18-9-20-12(5)16;1-6-17-12(16)13(10(4)14,7-9(2)3)8-18-11(5)15;1-8(2)6-12(10(14)16-4,11(15)17-5)7-18-9(3)13;1-8(2)6-12(9(3)13,10(4)14)7-16-11(5)15/h11H,8-10H2,1-7H3;10H,8-9H2,1-7H3;10H,6-9H2,1-5H3;9H,6-8H2,1-5H3;8H,6-7H2,1-5H3;8H,6-7H2,1-5H3. The van der Waals surface area contributed by atoms with E-state index in [0.29, 0.717) is 32.1 Å². The van der Waals surface area contributed by atoms with Crippen LogP contribution < -0.4 is 0 Å². The van der Waals surface area contributed by atoms with Crippen LogP contribution >= 0.6 is 0 Å². The SMILES string of the molecule is CC(=O)C(COC(=O)C(C)(C)C)(CC(C)C)C(C)=O.CC(=O)OCC(CC(C)C)(C(C)=O)C(C)=O.CCOC(=O)C(COC(=O)C(C)(C)C)(CC(C)C)C(C)=O.CCOC(=O)C(COC(C)=O)(CC(C)C)C(C)=O.CCOC(=O)C(COCOC(C)=O)(CC(C)C)C(C)=O.COC(=O)C(COC(C)=O)(CC(C)C)C(=O)OC. The maximum Gasteiger partial charge on any atom is 0.326 e. The number of carbonyl (C=O) groups is 18. The minimum absolute atomic E-state index is 0.0266. The first-order valence-corrected chi connectivity index (χ1v) is 37.7. The van der Waals surface area contributed by atoms with Crippen molar-refractivity contribution in [2.24, 2.45) is 78.8 Å². The molecule has 0 aromatic rings. The number of esters is 11. The van der Waals surface area contributed by atoms with Crippen LogP contribution in [0.5, 0.6) is 0 Å². The molecular formula is C82H140O30. The minimum atomic E-state index is -1.59. The molecule has 0 amide bonds. The van der Waals surface area contributed by atoms with E-state index < -0.39 is 109 Å². The molecule has 0 aliphatic carbocycles. The zero-order chi connectivity index (χ0) is 89.7. The van der Waals surface area contributed by atoms with Crippen molar-refractivity contribution >= 4 is 106 Å². The second-order valence-corrected chi connectivity index (χ2v) is 32.2. The van der Waals surface area contributed by atoms with E-state index in [1.807, 2.05) is 83.1 Å². The predicted molar refractivity (Wildman–Crippen MR) is 413 cm³/mol. The largest absolute Gasteiger partial charge is 0.468 e. The van der Waals surface area contributed by atoms with Crippen LogP contribution in [0, 0.1) is 78.8 Å². The molecule has 0 saturated carbocycles. The average Bonchev–Trinajstić information content (AvgIpc) is 0.871. The molecule has 0 N–H and O–H groups in total. The molecule has 0 spiro atoms. The Bertz CT molecular complexity index is 3030. The van der Waals surface area contributed by atoms with Crippen LogP contribution in [0.25, 0.3) is 0 Å². The summed E-state index contributed by atoms with van der Waals surface area (Å²) in [4.78, 5) is 210. The smallest absolute Gasteiger partial charge is 0.326 e. The Kier molecular flexibility index (Phi) is 55.8. The van der Waals surface area contributed by atoms with Crippen LogP contribution in [0.15, 0.2) is 0 Å². The Hall–Kier alpha value is -8.18. The highest BCUT2D eigenvalue weighted by Gasteiger charge is 2.52. The number of carbonyl (C=O) groups excluding carboxylic acids is 18. The molecule has 0 rings (SSSR count). The summed E-state index contributed by atoms with van der Waals surface area (Å²) in [5.41, 5.74) is -9.42. The Balaban J connectivity index is -0.000000302. The van der Waals surface area contributed by atoms with Gasteiger partial charge >= 0.3 is 65.7 Å². The summed E-state index contributed by atoms with van der Waals surface area (Å²) in [6, 6.07) is 0. The molecule has 0 aromatic carbocycles. The van der Waals surface area contributed by atoms with Gasteiger partial charge in [0.15, 0.2) is 34.6 Å². The highest BCUT2D eigenvalue weighted by molar-refractivity contribution is 6.07. The van der Waals surface area contributed by atoms with E-state index >= 15 is 0 Å². The van der Waals surface area contributed by atoms with Crippen molar-refractivity contribution in [2.45, 2.75) is 260 Å². The number of hydrogen-bond donors (Lipinski definition) is 0. The molecule has 0 fully saturated rings. The zero-order valence-electron chi connectivity index (χ0n) is 74.0. The van der Waals surface area contributed by atoms with Crippen LogP contribution in [0.3, 0.4) is 0 Å². The molecule has 0 aromatic heterocycles. The highest BCUT2D eigenvalue weighted by atomic mass is 16.7. The van der Waals surface area contributed by atoms with Crippen LogP contribution in [0.2, 0.25) is 0 Å². The average molecular weight is 1610 g/mol. The van der Waals surface area contributed by atoms with Gasteiger partial charge in [-0.25, -0.2) is 0 Å². The summed E-state index contributed by atoms with van der Waals surface area (Å²) in [7, 11) is 2.35. The van der Waals surface area contributed by atoms with Gasteiger partial charge in [-0.1, -0.05) is 83.1 Å². The van der Waals surface area contributed by atoms with Crippen LogP contribution in [0.4, 0.5) is 0 Å². The van der Waals surface area contributed by atoms with E-state index in [1.54, 1.807) is 62.3 Å². The van der Waals surface area contributed by atoms with E-state index in [0.717, 1.165) is 0 Å². The van der Waals surface area contributed by atoms with Crippen molar-refractivity contribution in [3.05, 3.63) is 0 Å². The first-order chi connectivity index (χ1) is 50.9. The van der Waals surface area contributed by atoms with Crippen molar-refractivity contribution in [1.82, 2.24) is 0 Å². The first kappa shape index (κ1) is 115. The van der Waals surface area contributed by atoms with Gasteiger partial charge in [0.25, 0.3) is 0 Å². The number of methoxy groups -OCH3 is 2. The van der Waals surface area contributed by atoms with Gasteiger partial charge < -0.3 is 56.8 Å². The first-order valence-electron chi connectivity index (χ1n) is 37.7. The summed E-state index contributed by atoms with van der Waals surface area (Å²) in [6.45, 7) is 51.6. The van der Waals surface area contributed by atoms with Gasteiger partial charge in [-0.2, -0.15) is 0 Å². The lowest BCUT2D eigenvalue weighted by molar-refractivity contribution is -0.178. The minimum Gasteiger partial charge on any atom is -0.468 e. The van der Waals surface area contributed by atoms with E-state index in [9.17, 15) is 86.3 Å². The van der Waals surface area contributed by atoms with Crippen molar-refractivity contribution < 1.29 is 143 Å². The van der Waals surface area contributed by atoms with Gasteiger partial charge in [-0.15, -0.1) is 0 Å². The second kappa shape index (κ2) is 54.5. The molecule has 0 aliphatic heterocycles. The van der Waals surface area contributed by atoms with Gasteiger partial charge in [0.05, 0.1) is 51.5 Å².